The van der Waals surface area contributed by atoms with Gasteiger partial charge in [0.2, 0.25) is 5.91 Å². The van der Waals surface area contributed by atoms with E-state index < -0.39 is 0 Å². The van der Waals surface area contributed by atoms with Crippen LogP contribution in [-0.4, -0.2) is 56.8 Å². The van der Waals surface area contributed by atoms with Gasteiger partial charge in [0.1, 0.15) is 19.0 Å². The molecule has 2 N–H and O–H groups in total. The molecule has 3 atom stereocenters. The van der Waals surface area contributed by atoms with Crippen molar-refractivity contribution in [2.24, 2.45) is 5.92 Å². The fraction of sp³-hybridized carbons (Fsp3) is 0.409. The molecule has 8 nitrogen and oxygen atoms in total. The summed E-state index contributed by atoms with van der Waals surface area (Å²) in [5, 5.41) is 9.93. The quantitative estimate of drug-likeness (QED) is 0.665. The van der Waals surface area contributed by atoms with Gasteiger partial charge in [0.15, 0.2) is 0 Å². The number of benzene rings is 1. The van der Waals surface area contributed by atoms with Crippen LogP contribution in [0.5, 0.6) is 0 Å². The highest BCUT2D eigenvalue weighted by Gasteiger charge is 2.41. The monoisotopic (exact) mass is 408 g/mol. The Hall–Kier alpha value is -2.97. The third kappa shape index (κ3) is 3.32. The summed E-state index contributed by atoms with van der Waals surface area (Å²) < 4.78 is 7.36. The number of aliphatic hydroxyl groups is 1. The Morgan fingerprint density at radius 2 is 2.07 bits per heavy atom. The number of imidazole rings is 1. The largest absolute Gasteiger partial charge is 0.394 e. The van der Waals surface area contributed by atoms with Crippen LogP contribution in [0.2, 0.25) is 0 Å². The second kappa shape index (κ2) is 7.70. The van der Waals surface area contributed by atoms with Crippen molar-refractivity contribution in [2.45, 2.75) is 25.0 Å². The van der Waals surface area contributed by atoms with Gasteiger partial charge >= 0.3 is 0 Å². The van der Waals surface area contributed by atoms with E-state index in [4.69, 9.17) is 4.74 Å². The van der Waals surface area contributed by atoms with E-state index in [1.807, 2.05) is 30.3 Å². The van der Waals surface area contributed by atoms with Crippen molar-refractivity contribution in [1.29, 1.82) is 0 Å². The van der Waals surface area contributed by atoms with Gasteiger partial charge in [-0.15, -0.1) is 0 Å². The maximum Gasteiger partial charge on any atom is 0.251 e. The fourth-order valence-electron chi connectivity index (χ4n) is 4.88. The molecular weight excluding hydrogens is 384 g/mol. The number of ether oxygens (including phenoxy) is 1. The number of fused-ring (bicyclic) bond motifs is 5. The van der Waals surface area contributed by atoms with Gasteiger partial charge in [0, 0.05) is 36.7 Å². The van der Waals surface area contributed by atoms with E-state index in [0.717, 1.165) is 23.1 Å². The zero-order valence-electron chi connectivity index (χ0n) is 16.5. The minimum absolute atomic E-state index is 0.0259. The highest BCUT2D eigenvalue weighted by atomic mass is 16.5. The van der Waals surface area contributed by atoms with Crippen LogP contribution in [0.4, 0.5) is 0 Å². The lowest BCUT2D eigenvalue weighted by Gasteiger charge is -2.46. The first-order valence-corrected chi connectivity index (χ1v) is 10.3. The Balaban J connectivity index is 1.25. The summed E-state index contributed by atoms with van der Waals surface area (Å²) in [6, 6.07) is 12.7. The smallest absolute Gasteiger partial charge is 0.251 e. The molecule has 2 aliphatic heterocycles. The van der Waals surface area contributed by atoms with Crippen molar-refractivity contribution in [1.82, 2.24) is 19.4 Å². The van der Waals surface area contributed by atoms with Crippen molar-refractivity contribution in [3.63, 3.8) is 0 Å². The number of hydrogen-bond donors (Lipinski definition) is 2. The van der Waals surface area contributed by atoms with Gasteiger partial charge in [-0.1, -0.05) is 18.2 Å². The van der Waals surface area contributed by atoms with Crippen molar-refractivity contribution < 1.29 is 14.6 Å². The Morgan fingerprint density at radius 3 is 2.90 bits per heavy atom. The van der Waals surface area contributed by atoms with Gasteiger partial charge in [-0.05, 0) is 24.6 Å². The third-order valence-corrected chi connectivity index (χ3v) is 6.24. The maximum atomic E-state index is 12.8. The predicted octanol–water partition coefficient (Wildman–Crippen LogP) is 1.42. The van der Waals surface area contributed by atoms with Crippen LogP contribution in [0.25, 0.3) is 11.0 Å². The third-order valence-electron chi connectivity index (χ3n) is 6.24. The van der Waals surface area contributed by atoms with Crippen LogP contribution in [-0.2, 0) is 16.1 Å². The molecule has 5 rings (SSSR count). The topological polar surface area (TPSA) is 100 Å². The van der Waals surface area contributed by atoms with Gasteiger partial charge < -0.3 is 24.3 Å². The minimum atomic E-state index is -0.294. The number of piperidine rings is 1. The Kier molecular flexibility index (Phi) is 4.88. The molecular formula is C22H24N4O4. The molecule has 1 amide bonds. The van der Waals surface area contributed by atoms with Crippen LogP contribution in [0.1, 0.15) is 29.9 Å². The summed E-state index contributed by atoms with van der Waals surface area (Å²) >= 11 is 0. The zero-order chi connectivity index (χ0) is 20.7. The summed E-state index contributed by atoms with van der Waals surface area (Å²) in [5.74, 6) is 0.762. The molecule has 2 bridgehead atoms. The van der Waals surface area contributed by atoms with E-state index in [9.17, 15) is 14.7 Å². The number of H-pyrrole nitrogens is 1. The minimum Gasteiger partial charge on any atom is -0.394 e. The van der Waals surface area contributed by atoms with Crippen molar-refractivity contribution in [3.8, 4) is 0 Å². The number of para-hydroxylation sites is 2. The van der Waals surface area contributed by atoms with Crippen LogP contribution in [0, 0.1) is 5.92 Å². The number of nitrogens with zero attached hydrogens (tertiary/aromatic N) is 3. The van der Waals surface area contributed by atoms with Crippen molar-refractivity contribution in [3.05, 3.63) is 64.3 Å². The van der Waals surface area contributed by atoms with Crippen LogP contribution in [0.3, 0.4) is 0 Å². The Labute approximate surface area is 173 Å². The molecule has 2 aliphatic rings. The molecule has 30 heavy (non-hydrogen) atoms. The highest BCUT2D eigenvalue weighted by molar-refractivity contribution is 5.78. The molecule has 4 heterocycles. The number of amides is 1. The normalized spacial score (nSPS) is 22.8. The molecule has 2 aromatic heterocycles. The lowest BCUT2D eigenvalue weighted by molar-refractivity contribution is -0.140. The van der Waals surface area contributed by atoms with E-state index in [1.54, 1.807) is 15.5 Å². The molecule has 0 saturated carbocycles. The second-order valence-corrected chi connectivity index (χ2v) is 8.09. The first-order valence-electron chi connectivity index (χ1n) is 10.3. The molecule has 0 radical (unpaired) electrons. The molecule has 0 spiro atoms. The number of aromatic nitrogens is 3. The number of pyridine rings is 1. The van der Waals surface area contributed by atoms with E-state index in [1.165, 1.54) is 6.07 Å². The predicted molar refractivity (Wildman–Crippen MR) is 110 cm³/mol. The molecule has 1 saturated heterocycles. The number of hydrogen-bond acceptors (Lipinski definition) is 5. The average molecular weight is 408 g/mol. The molecule has 8 heteroatoms. The Bertz CT molecular complexity index is 1100. The number of aromatic amines is 1. The summed E-state index contributed by atoms with van der Waals surface area (Å²) in [4.78, 5) is 34.6. The molecule has 156 valence electrons. The maximum absolute atomic E-state index is 12.8. The van der Waals surface area contributed by atoms with E-state index in [2.05, 4.69) is 9.97 Å². The SMILES string of the molecule is O=C(COCc1nc2ccccc2[nH]1)N1C[C@H]2C[C@@H](C1)[C@H](CO)n1c2cccc1=O. The number of aliphatic hydroxyl groups excluding tert-OH is 1. The molecule has 1 fully saturated rings. The standard InChI is InChI=1S/C22H24N4O4/c27-11-19-15-8-14(18-6-3-7-21(28)26(18)19)9-25(10-15)22(29)13-30-12-20-23-16-4-1-2-5-17(16)24-20/h1-7,14-15,19,27H,8-13H2,(H,23,24)/t14-,15+,19+/m1/s1. The molecule has 0 aliphatic carbocycles. The van der Waals surface area contributed by atoms with Gasteiger partial charge in [-0.3, -0.25) is 9.59 Å². The number of rotatable bonds is 5. The van der Waals surface area contributed by atoms with Gasteiger partial charge in [0.05, 0.1) is 23.7 Å². The van der Waals surface area contributed by atoms with Crippen LogP contribution in [0.15, 0.2) is 47.3 Å². The Morgan fingerprint density at radius 1 is 1.20 bits per heavy atom. The van der Waals surface area contributed by atoms with E-state index >= 15 is 0 Å². The number of nitrogens with one attached hydrogen (secondary N) is 1. The molecule has 0 unspecified atom stereocenters. The fourth-order valence-corrected chi connectivity index (χ4v) is 4.88. The second-order valence-electron chi connectivity index (χ2n) is 8.09. The summed E-state index contributed by atoms with van der Waals surface area (Å²) in [6.07, 6.45) is 0.873. The average Bonchev–Trinajstić information content (AvgIpc) is 3.17. The van der Waals surface area contributed by atoms with E-state index in [0.29, 0.717) is 18.9 Å². The number of carbonyl (C=O) groups excluding carboxylic acids is 1. The van der Waals surface area contributed by atoms with E-state index in [-0.39, 0.29) is 49.2 Å². The van der Waals surface area contributed by atoms with Gasteiger partial charge in [-0.25, -0.2) is 4.98 Å². The summed E-state index contributed by atoms with van der Waals surface area (Å²) in [6.45, 7) is 1.18. The first kappa shape index (κ1) is 19.0. The van der Waals surface area contributed by atoms with Crippen molar-refractivity contribution in [2.75, 3.05) is 26.3 Å². The lowest BCUT2D eigenvalue weighted by Crippen LogP contribution is -2.52. The van der Waals surface area contributed by atoms with Gasteiger partial charge in [0.25, 0.3) is 5.56 Å². The number of carbonyl (C=O) groups is 1. The number of likely N-dealkylation sites (tertiary alicyclic amines) is 1. The van der Waals surface area contributed by atoms with Gasteiger partial charge in [-0.2, -0.15) is 0 Å². The summed E-state index contributed by atoms with van der Waals surface area (Å²) in [7, 11) is 0. The molecule has 3 aromatic rings. The zero-order valence-corrected chi connectivity index (χ0v) is 16.5. The summed E-state index contributed by atoms with van der Waals surface area (Å²) in [5.41, 5.74) is 2.62. The van der Waals surface area contributed by atoms with Crippen LogP contribution < -0.4 is 5.56 Å². The molecule has 1 aromatic carbocycles. The highest BCUT2D eigenvalue weighted by Crippen LogP contribution is 2.40. The first-order chi connectivity index (χ1) is 14.6. The van der Waals surface area contributed by atoms with Crippen molar-refractivity contribution >= 4 is 16.9 Å². The lowest BCUT2D eigenvalue weighted by atomic mass is 9.78. The van der Waals surface area contributed by atoms with Crippen LogP contribution >= 0.6 is 0 Å².